The van der Waals surface area contributed by atoms with Crippen molar-refractivity contribution >= 4 is 16.9 Å². The van der Waals surface area contributed by atoms with Gasteiger partial charge in [-0.25, -0.2) is 9.18 Å². The van der Waals surface area contributed by atoms with Gasteiger partial charge in [-0.3, -0.25) is 4.79 Å². The number of ether oxygens (including phenoxy) is 1. The number of hydrogen-bond donors (Lipinski definition) is 1. The van der Waals surface area contributed by atoms with Gasteiger partial charge in [0.2, 0.25) is 0 Å². The molecule has 1 aromatic heterocycles. The van der Waals surface area contributed by atoms with Crippen molar-refractivity contribution in [3.05, 3.63) is 93.9 Å². The second-order valence-electron chi connectivity index (χ2n) is 7.92. The number of pyridine rings is 1. The number of carbonyl (C=O) groups is 1. The van der Waals surface area contributed by atoms with Crippen molar-refractivity contribution in [2.75, 3.05) is 7.11 Å². The number of methoxy groups -OCH3 is 1. The van der Waals surface area contributed by atoms with E-state index < -0.39 is 5.97 Å². The summed E-state index contributed by atoms with van der Waals surface area (Å²) in [6, 6.07) is 12.0. The highest BCUT2D eigenvalue weighted by Crippen LogP contribution is 2.25. The number of carbonyl (C=O) groups excluding carboxylic acids is 1. The highest BCUT2D eigenvalue weighted by molar-refractivity contribution is 5.96. The number of para-hydroxylation sites is 1. The molecule has 3 aromatic rings. The molecular weight excluding hydrogens is 423 g/mol. The summed E-state index contributed by atoms with van der Waals surface area (Å²) in [5.41, 5.74) is 3.85. The molecule has 0 atom stereocenters. The summed E-state index contributed by atoms with van der Waals surface area (Å²) in [7, 11) is 1.29. The molecule has 0 saturated heterocycles. The Morgan fingerprint density at radius 3 is 2.79 bits per heavy atom. The number of aromatic nitrogens is 4. The molecule has 0 amide bonds. The number of nitrogens with one attached hydrogen (secondary N) is 1. The van der Waals surface area contributed by atoms with Crippen LogP contribution in [0.2, 0.25) is 0 Å². The summed E-state index contributed by atoms with van der Waals surface area (Å²) in [6.07, 6.45) is 5.75. The molecule has 2 aromatic carbocycles. The minimum Gasteiger partial charge on any atom is -0.465 e. The Morgan fingerprint density at radius 2 is 2.00 bits per heavy atom. The van der Waals surface area contributed by atoms with Crippen LogP contribution >= 0.6 is 0 Å². The van der Waals surface area contributed by atoms with Gasteiger partial charge in [-0.1, -0.05) is 18.2 Å². The van der Waals surface area contributed by atoms with Crippen molar-refractivity contribution < 1.29 is 13.9 Å². The van der Waals surface area contributed by atoms with Crippen molar-refractivity contribution in [3.8, 4) is 16.9 Å². The van der Waals surface area contributed by atoms with Gasteiger partial charge in [-0.2, -0.15) is 9.78 Å². The zero-order valence-corrected chi connectivity index (χ0v) is 18.1. The van der Waals surface area contributed by atoms with E-state index in [1.54, 1.807) is 23.0 Å². The second kappa shape index (κ2) is 8.05. The molecule has 0 aliphatic carbocycles. The van der Waals surface area contributed by atoms with Crippen LogP contribution in [0.5, 0.6) is 0 Å². The smallest absolute Gasteiger partial charge is 0.341 e. The average molecular weight is 444 g/mol. The molecule has 8 heteroatoms. The largest absolute Gasteiger partial charge is 0.465 e. The van der Waals surface area contributed by atoms with Gasteiger partial charge in [0.05, 0.1) is 18.4 Å². The Bertz CT molecular complexity index is 1530. The van der Waals surface area contributed by atoms with Crippen molar-refractivity contribution in [1.29, 1.82) is 0 Å². The third kappa shape index (κ3) is 3.59. The van der Waals surface area contributed by atoms with Crippen molar-refractivity contribution in [2.45, 2.75) is 19.9 Å². The lowest BCUT2D eigenvalue weighted by atomic mass is 10.1. The summed E-state index contributed by atoms with van der Waals surface area (Å²) >= 11 is 0. The summed E-state index contributed by atoms with van der Waals surface area (Å²) in [6.45, 7) is 2.37. The van der Waals surface area contributed by atoms with Crippen molar-refractivity contribution in [3.63, 3.8) is 0 Å². The second-order valence-corrected chi connectivity index (χ2v) is 7.92. The first-order chi connectivity index (χ1) is 16.0. The molecule has 2 aliphatic heterocycles. The van der Waals surface area contributed by atoms with Crippen LogP contribution in [0.15, 0.2) is 65.8 Å². The first-order valence-corrected chi connectivity index (χ1v) is 10.5. The van der Waals surface area contributed by atoms with E-state index in [0.29, 0.717) is 29.9 Å². The topological polar surface area (TPSA) is 81.9 Å². The Morgan fingerprint density at radius 1 is 1.18 bits per heavy atom. The molecule has 3 heterocycles. The molecule has 33 heavy (non-hydrogen) atoms. The number of rotatable bonds is 5. The number of aromatic amines is 1. The first-order valence-electron chi connectivity index (χ1n) is 10.5. The van der Waals surface area contributed by atoms with E-state index in [9.17, 15) is 14.0 Å². The lowest BCUT2D eigenvalue weighted by Gasteiger charge is -2.11. The third-order valence-electron chi connectivity index (χ3n) is 5.84. The van der Waals surface area contributed by atoms with E-state index >= 15 is 0 Å². The SMILES string of the molecule is COC(=O)c1cn(CCc2c[nH]c3ccc(F)cc23)cc2c(=O)n(-c3ccccc3C)nc1-2. The molecule has 0 unspecified atom stereocenters. The first kappa shape index (κ1) is 20.7. The Hall–Kier alpha value is -4.20. The molecule has 0 saturated carbocycles. The fourth-order valence-electron chi connectivity index (χ4n) is 4.12. The molecule has 0 radical (unpaired) electrons. The standard InChI is InChI=1S/C25H21FN4O3/c1-15-5-3-4-6-22(15)30-24(31)19-13-29(14-20(23(19)28-30)25(32)33-2)10-9-16-12-27-21-8-7-17(26)11-18(16)21/h3-8,11-14,27H,9-10H2,1-2H3. The fraction of sp³-hybridized carbons (Fsp3) is 0.160. The fourth-order valence-corrected chi connectivity index (χ4v) is 4.12. The van der Waals surface area contributed by atoms with Crippen LogP contribution in [-0.2, 0) is 17.7 Å². The van der Waals surface area contributed by atoms with Gasteiger partial charge in [0, 0.05) is 36.0 Å². The van der Waals surface area contributed by atoms with Gasteiger partial charge in [-0.05, 0) is 48.7 Å². The number of H-pyrrole nitrogens is 1. The zero-order chi connectivity index (χ0) is 23.1. The minimum absolute atomic E-state index is 0.212. The molecule has 7 nitrogen and oxygen atoms in total. The van der Waals surface area contributed by atoms with Gasteiger partial charge < -0.3 is 14.3 Å². The Kier molecular flexibility index (Phi) is 5.05. The maximum Gasteiger partial charge on any atom is 0.341 e. The number of benzene rings is 2. The monoisotopic (exact) mass is 444 g/mol. The highest BCUT2D eigenvalue weighted by Gasteiger charge is 2.25. The van der Waals surface area contributed by atoms with Gasteiger partial charge in [0.15, 0.2) is 0 Å². The minimum atomic E-state index is -0.571. The number of hydrogen-bond acceptors (Lipinski definition) is 4. The molecule has 0 fully saturated rings. The van der Waals surface area contributed by atoms with Crippen LogP contribution in [0.25, 0.3) is 27.8 Å². The predicted octanol–water partition coefficient (Wildman–Crippen LogP) is 4.10. The molecule has 5 rings (SSSR count). The van der Waals surface area contributed by atoms with Gasteiger partial charge >= 0.3 is 5.97 Å². The number of aryl methyl sites for hydroxylation is 3. The number of nitrogens with zero attached hydrogens (tertiary/aromatic N) is 3. The predicted molar refractivity (Wildman–Crippen MR) is 122 cm³/mol. The van der Waals surface area contributed by atoms with Crippen LogP contribution in [0.1, 0.15) is 21.5 Å². The molecule has 0 spiro atoms. The highest BCUT2D eigenvalue weighted by atomic mass is 19.1. The maximum atomic E-state index is 13.7. The normalized spacial score (nSPS) is 11.4. The summed E-state index contributed by atoms with van der Waals surface area (Å²) < 4.78 is 21.8. The zero-order valence-electron chi connectivity index (χ0n) is 18.1. The average Bonchev–Trinajstić information content (AvgIpc) is 3.37. The van der Waals surface area contributed by atoms with Crippen LogP contribution in [-0.4, -0.2) is 32.4 Å². The summed E-state index contributed by atoms with van der Waals surface area (Å²) in [5, 5.41) is 5.26. The van der Waals surface area contributed by atoms with Crippen LogP contribution in [0.3, 0.4) is 0 Å². The Labute approximate surface area is 188 Å². The number of fused-ring (bicyclic) bond motifs is 2. The lowest BCUT2D eigenvalue weighted by molar-refractivity contribution is 0.0600. The van der Waals surface area contributed by atoms with E-state index in [4.69, 9.17) is 4.74 Å². The molecule has 166 valence electrons. The van der Waals surface area contributed by atoms with Gasteiger partial charge in [-0.15, -0.1) is 0 Å². The van der Waals surface area contributed by atoms with E-state index in [1.165, 1.54) is 23.9 Å². The van der Waals surface area contributed by atoms with E-state index in [2.05, 4.69) is 10.1 Å². The van der Waals surface area contributed by atoms with Gasteiger partial charge in [0.25, 0.3) is 5.56 Å². The lowest BCUT2D eigenvalue weighted by Crippen LogP contribution is -2.16. The molecule has 1 N–H and O–H groups in total. The van der Waals surface area contributed by atoms with Crippen LogP contribution in [0, 0.1) is 12.7 Å². The van der Waals surface area contributed by atoms with E-state index in [-0.39, 0.29) is 16.9 Å². The van der Waals surface area contributed by atoms with E-state index in [1.807, 2.05) is 37.4 Å². The third-order valence-corrected chi connectivity index (χ3v) is 5.84. The summed E-state index contributed by atoms with van der Waals surface area (Å²) in [5.74, 6) is -0.872. The van der Waals surface area contributed by atoms with Crippen LogP contribution < -0.4 is 5.56 Å². The molecular formula is C25H21FN4O3. The van der Waals surface area contributed by atoms with Crippen LogP contribution in [0.4, 0.5) is 4.39 Å². The quantitative estimate of drug-likeness (QED) is 0.414. The maximum absolute atomic E-state index is 13.7. The van der Waals surface area contributed by atoms with E-state index in [0.717, 1.165) is 22.0 Å². The van der Waals surface area contributed by atoms with Crippen molar-refractivity contribution in [2.24, 2.45) is 0 Å². The molecule has 0 bridgehead atoms. The molecule has 2 aliphatic rings. The summed E-state index contributed by atoms with van der Waals surface area (Å²) in [4.78, 5) is 28.9. The number of halogens is 1. The van der Waals surface area contributed by atoms with Crippen molar-refractivity contribution in [1.82, 2.24) is 19.3 Å². The number of esters is 1. The van der Waals surface area contributed by atoms with Gasteiger partial charge in [0.1, 0.15) is 17.1 Å². The Balaban J connectivity index is 1.58.